The molecule has 2 heterocycles. The van der Waals surface area contributed by atoms with Crippen molar-refractivity contribution in [2.45, 2.75) is 11.4 Å². The summed E-state index contributed by atoms with van der Waals surface area (Å²) in [5.41, 5.74) is 3.38. The molecule has 1 aromatic heterocycles. The Balaban J connectivity index is 1.83. The van der Waals surface area contributed by atoms with Crippen molar-refractivity contribution < 1.29 is 9.47 Å². The van der Waals surface area contributed by atoms with Crippen LogP contribution in [0.15, 0.2) is 52.1 Å². The summed E-state index contributed by atoms with van der Waals surface area (Å²) >= 11 is 4.96. The SMILES string of the molecule is COc1ccc([C@@H]2Nc3ccccc3-c3nnc(SC)nc3O2)cc1Br. The summed E-state index contributed by atoms with van der Waals surface area (Å²) in [5.74, 6) is 1.22. The van der Waals surface area contributed by atoms with Gasteiger partial charge in [0.05, 0.1) is 11.6 Å². The van der Waals surface area contributed by atoms with Crippen LogP contribution in [0.1, 0.15) is 11.8 Å². The Kier molecular flexibility index (Phi) is 4.69. The molecular formula is C18H15BrN4O2S. The number of fused-ring (bicyclic) bond motifs is 3. The molecule has 1 N–H and O–H groups in total. The zero-order chi connectivity index (χ0) is 18.1. The van der Waals surface area contributed by atoms with Crippen LogP contribution in [0.2, 0.25) is 0 Å². The Bertz CT molecular complexity index is 970. The molecule has 1 atom stereocenters. The Hall–Kier alpha value is -2.32. The number of para-hydroxylation sites is 1. The third-order valence-corrected chi connectivity index (χ3v) is 5.15. The molecule has 1 aliphatic rings. The fourth-order valence-corrected chi connectivity index (χ4v) is 3.59. The smallest absolute Gasteiger partial charge is 0.247 e. The van der Waals surface area contributed by atoms with Gasteiger partial charge in [-0.3, -0.25) is 0 Å². The summed E-state index contributed by atoms with van der Waals surface area (Å²) in [6, 6.07) is 13.7. The maximum atomic E-state index is 6.20. The van der Waals surface area contributed by atoms with Gasteiger partial charge in [-0.05, 0) is 46.5 Å². The summed E-state index contributed by atoms with van der Waals surface area (Å²) in [7, 11) is 1.64. The monoisotopic (exact) mass is 430 g/mol. The number of benzene rings is 2. The molecule has 0 fully saturated rings. The van der Waals surface area contributed by atoms with Crippen molar-refractivity contribution >= 4 is 33.4 Å². The van der Waals surface area contributed by atoms with Crippen molar-refractivity contribution in [3.8, 4) is 22.9 Å². The summed E-state index contributed by atoms with van der Waals surface area (Å²) in [6.45, 7) is 0. The van der Waals surface area contributed by atoms with Crippen LogP contribution in [0, 0.1) is 0 Å². The molecule has 0 aliphatic carbocycles. The summed E-state index contributed by atoms with van der Waals surface area (Å²) in [4.78, 5) is 4.51. The van der Waals surface area contributed by atoms with Crippen LogP contribution in [-0.2, 0) is 0 Å². The van der Waals surface area contributed by atoms with Crippen molar-refractivity contribution in [3.63, 3.8) is 0 Å². The van der Waals surface area contributed by atoms with Gasteiger partial charge in [0.15, 0.2) is 11.9 Å². The van der Waals surface area contributed by atoms with Crippen LogP contribution < -0.4 is 14.8 Å². The molecule has 6 nitrogen and oxygen atoms in total. The Labute approximate surface area is 163 Å². The van der Waals surface area contributed by atoms with Crippen molar-refractivity contribution in [1.29, 1.82) is 0 Å². The number of nitrogens with zero attached hydrogens (tertiary/aromatic N) is 3. The lowest BCUT2D eigenvalue weighted by molar-refractivity contribution is 0.225. The highest BCUT2D eigenvalue weighted by molar-refractivity contribution is 9.10. The molecule has 0 spiro atoms. The Morgan fingerprint density at radius 1 is 1.19 bits per heavy atom. The van der Waals surface area contributed by atoms with Gasteiger partial charge < -0.3 is 14.8 Å². The van der Waals surface area contributed by atoms with E-state index in [1.807, 2.05) is 48.7 Å². The molecule has 8 heteroatoms. The molecule has 26 heavy (non-hydrogen) atoms. The third kappa shape index (κ3) is 3.10. The second-order valence-corrected chi connectivity index (χ2v) is 7.16. The lowest BCUT2D eigenvalue weighted by atomic mass is 10.1. The van der Waals surface area contributed by atoms with E-state index >= 15 is 0 Å². The predicted molar refractivity (Wildman–Crippen MR) is 105 cm³/mol. The van der Waals surface area contributed by atoms with E-state index in [9.17, 15) is 0 Å². The molecular weight excluding hydrogens is 416 g/mol. The maximum absolute atomic E-state index is 6.20. The van der Waals surface area contributed by atoms with Crippen LogP contribution in [0.25, 0.3) is 11.3 Å². The van der Waals surface area contributed by atoms with E-state index in [2.05, 4.69) is 36.4 Å². The van der Waals surface area contributed by atoms with Gasteiger partial charge >= 0.3 is 0 Å². The number of aromatic nitrogens is 3. The largest absolute Gasteiger partial charge is 0.496 e. The standard InChI is InChI=1S/C18H15BrN4O2S/c1-24-14-8-7-10(9-12(14)19)16-20-13-6-4-3-5-11(13)15-17(25-16)21-18(26-2)23-22-15/h3-9,16,20H,1-2H3/t16-/m1/s1. The minimum absolute atomic E-state index is 0.425. The second-order valence-electron chi connectivity index (χ2n) is 5.53. The summed E-state index contributed by atoms with van der Waals surface area (Å²) in [6.07, 6.45) is 1.48. The first kappa shape index (κ1) is 17.1. The number of nitrogens with one attached hydrogen (secondary N) is 1. The van der Waals surface area contributed by atoms with E-state index in [4.69, 9.17) is 9.47 Å². The fourth-order valence-electron chi connectivity index (χ4n) is 2.73. The van der Waals surface area contributed by atoms with Gasteiger partial charge in [0, 0.05) is 16.8 Å². The van der Waals surface area contributed by atoms with Crippen LogP contribution in [0.3, 0.4) is 0 Å². The predicted octanol–water partition coefficient (Wildman–Crippen LogP) is 4.53. The number of anilines is 1. The van der Waals surface area contributed by atoms with Gasteiger partial charge in [0.25, 0.3) is 0 Å². The first-order valence-electron chi connectivity index (χ1n) is 7.84. The Morgan fingerprint density at radius 3 is 2.81 bits per heavy atom. The van der Waals surface area contributed by atoms with Gasteiger partial charge in [-0.15, -0.1) is 10.2 Å². The number of ether oxygens (including phenoxy) is 2. The number of halogens is 1. The zero-order valence-corrected chi connectivity index (χ0v) is 16.5. The number of hydrogen-bond acceptors (Lipinski definition) is 7. The van der Waals surface area contributed by atoms with Crippen molar-refractivity contribution in [3.05, 3.63) is 52.5 Å². The highest BCUT2D eigenvalue weighted by Gasteiger charge is 2.26. The minimum Gasteiger partial charge on any atom is -0.496 e. The summed E-state index contributed by atoms with van der Waals surface area (Å²) < 4.78 is 12.4. The van der Waals surface area contributed by atoms with E-state index in [0.29, 0.717) is 16.7 Å². The van der Waals surface area contributed by atoms with Crippen LogP contribution in [0.4, 0.5) is 5.69 Å². The third-order valence-electron chi connectivity index (χ3n) is 3.99. The topological polar surface area (TPSA) is 69.2 Å². The zero-order valence-electron chi connectivity index (χ0n) is 14.1. The van der Waals surface area contributed by atoms with E-state index in [1.165, 1.54) is 11.8 Å². The van der Waals surface area contributed by atoms with Gasteiger partial charge in [-0.2, -0.15) is 4.98 Å². The normalized spacial score (nSPS) is 15.1. The molecule has 0 radical (unpaired) electrons. The molecule has 3 aromatic rings. The number of rotatable bonds is 3. The van der Waals surface area contributed by atoms with Crippen LogP contribution in [-0.4, -0.2) is 28.5 Å². The van der Waals surface area contributed by atoms with E-state index in [0.717, 1.165) is 27.0 Å². The van der Waals surface area contributed by atoms with Crippen molar-refractivity contribution in [2.24, 2.45) is 0 Å². The molecule has 2 aromatic carbocycles. The van der Waals surface area contributed by atoms with Crippen molar-refractivity contribution in [1.82, 2.24) is 15.2 Å². The minimum atomic E-state index is -0.425. The molecule has 1 aliphatic heterocycles. The number of thioether (sulfide) groups is 1. The highest BCUT2D eigenvalue weighted by Crippen LogP contribution is 2.40. The fraction of sp³-hybridized carbons (Fsp3) is 0.167. The number of hydrogen-bond donors (Lipinski definition) is 1. The maximum Gasteiger partial charge on any atom is 0.247 e. The van der Waals surface area contributed by atoms with Gasteiger partial charge in [-0.25, -0.2) is 0 Å². The average Bonchev–Trinajstić information content (AvgIpc) is 2.84. The Morgan fingerprint density at radius 2 is 2.04 bits per heavy atom. The highest BCUT2D eigenvalue weighted by atomic mass is 79.9. The van der Waals surface area contributed by atoms with Gasteiger partial charge in [0.2, 0.25) is 11.0 Å². The number of methoxy groups -OCH3 is 1. The van der Waals surface area contributed by atoms with Gasteiger partial charge in [0.1, 0.15) is 5.75 Å². The van der Waals surface area contributed by atoms with E-state index in [1.54, 1.807) is 7.11 Å². The molecule has 0 bridgehead atoms. The molecule has 132 valence electrons. The first-order valence-corrected chi connectivity index (χ1v) is 9.86. The molecule has 0 saturated heterocycles. The van der Waals surface area contributed by atoms with Gasteiger partial charge in [-0.1, -0.05) is 30.0 Å². The van der Waals surface area contributed by atoms with Crippen LogP contribution in [0.5, 0.6) is 11.6 Å². The average molecular weight is 431 g/mol. The van der Waals surface area contributed by atoms with Crippen LogP contribution >= 0.6 is 27.7 Å². The van der Waals surface area contributed by atoms with E-state index < -0.39 is 6.23 Å². The lowest BCUT2D eigenvalue weighted by Crippen LogP contribution is -2.17. The first-order chi connectivity index (χ1) is 12.7. The molecule has 0 amide bonds. The quantitative estimate of drug-likeness (QED) is 0.611. The lowest BCUT2D eigenvalue weighted by Gasteiger charge is -2.20. The summed E-state index contributed by atoms with van der Waals surface area (Å²) in [5, 5.41) is 12.5. The second kappa shape index (κ2) is 7.13. The molecule has 0 unspecified atom stereocenters. The van der Waals surface area contributed by atoms with Crippen molar-refractivity contribution in [2.75, 3.05) is 18.7 Å². The molecule has 0 saturated carbocycles. The molecule has 4 rings (SSSR count). The van der Waals surface area contributed by atoms with E-state index in [-0.39, 0.29) is 0 Å².